The molecule has 0 aromatic carbocycles. The van der Waals surface area contributed by atoms with Gasteiger partial charge in [0.05, 0.1) is 13.2 Å². The van der Waals surface area contributed by atoms with Crippen molar-refractivity contribution in [2.45, 2.75) is 25.3 Å². The molecule has 5 heteroatoms. The summed E-state index contributed by atoms with van der Waals surface area (Å²) in [7, 11) is 0. The van der Waals surface area contributed by atoms with E-state index in [9.17, 15) is 9.59 Å². The molecule has 1 aliphatic carbocycles. The lowest BCUT2D eigenvalue weighted by atomic mass is 10.0. The molecule has 2 saturated heterocycles. The van der Waals surface area contributed by atoms with Crippen molar-refractivity contribution in [3.8, 4) is 0 Å². The lowest BCUT2D eigenvalue weighted by Gasteiger charge is -2.33. The fraction of sp³-hybridized carbons (Fsp3) is 0.833. The van der Waals surface area contributed by atoms with Gasteiger partial charge in [-0.25, -0.2) is 0 Å². The summed E-state index contributed by atoms with van der Waals surface area (Å²) in [6, 6.07) is -0.251. The predicted octanol–water partition coefficient (Wildman–Crippen LogP) is -0.240. The number of carbonyl (C=O) groups is 2. The van der Waals surface area contributed by atoms with Crippen molar-refractivity contribution in [2.24, 2.45) is 11.8 Å². The van der Waals surface area contributed by atoms with Gasteiger partial charge in [-0.1, -0.05) is 0 Å². The molecule has 3 aliphatic rings. The van der Waals surface area contributed by atoms with Crippen LogP contribution >= 0.6 is 0 Å². The molecular weight excluding hydrogens is 220 g/mol. The number of ether oxygens (including phenoxy) is 1. The van der Waals surface area contributed by atoms with E-state index in [4.69, 9.17) is 4.74 Å². The van der Waals surface area contributed by atoms with Crippen molar-refractivity contribution >= 4 is 11.8 Å². The minimum atomic E-state index is -0.251. The molecule has 1 N–H and O–H groups in total. The van der Waals surface area contributed by atoms with Crippen LogP contribution in [0, 0.1) is 11.8 Å². The van der Waals surface area contributed by atoms with Crippen LogP contribution in [0.1, 0.15) is 19.3 Å². The quantitative estimate of drug-likeness (QED) is 0.738. The van der Waals surface area contributed by atoms with Crippen LogP contribution in [0.2, 0.25) is 0 Å². The second-order valence-corrected chi connectivity index (χ2v) is 5.33. The molecule has 3 fully saturated rings. The first-order valence-electron chi connectivity index (χ1n) is 6.40. The Labute approximate surface area is 100 Å². The molecule has 2 atom stereocenters. The van der Waals surface area contributed by atoms with E-state index in [0.29, 0.717) is 18.4 Å². The Morgan fingerprint density at radius 1 is 1.29 bits per heavy atom. The molecule has 2 aliphatic heterocycles. The molecule has 5 nitrogen and oxygen atoms in total. The van der Waals surface area contributed by atoms with Crippen molar-refractivity contribution in [3.05, 3.63) is 0 Å². The summed E-state index contributed by atoms with van der Waals surface area (Å²) in [6.07, 6.45) is 3.13. The van der Waals surface area contributed by atoms with Crippen LogP contribution in [-0.2, 0) is 14.3 Å². The van der Waals surface area contributed by atoms with Crippen LogP contribution in [-0.4, -0.2) is 49.1 Å². The van der Waals surface area contributed by atoms with Crippen LogP contribution in [0.3, 0.4) is 0 Å². The number of rotatable bonds is 3. The van der Waals surface area contributed by atoms with E-state index < -0.39 is 0 Å². The first-order valence-corrected chi connectivity index (χ1v) is 6.40. The third kappa shape index (κ3) is 2.29. The molecule has 3 rings (SSSR count). The zero-order chi connectivity index (χ0) is 11.8. The Balaban J connectivity index is 1.64. The average molecular weight is 238 g/mol. The van der Waals surface area contributed by atoms with Gasteiger partial charge in [0.25, 0.3) is 0 Å². The highest BCUT2D eigenvalue weighted by molar-refractivity contribution is 5.95. The fourth-order valence-electron chi connectivity index (χ4n) is 2.67. The molecule has 1 saturated carbocycles. The Morgan fingerprint density at radius 2 is 2.12 bits per heavy atom. The average Bonchev–Trinajstić information content (AvgIpc) is 3.02. The number of piperazine rings is 1. The summed E-state index contributed by atoms with van der Waals surface area (Å²) in [6.45, 7) is 2.40. The largest absolute Gasteiger partial charge is 0.381 e. The predicted molar refractivity (Wildman–Crippen MR) is 60.2 cm³/mol. The van der Waals surface area contributed by atoms with E-state index in [0.717, 1.165) is 32.5 Å². The van der Waals surface area contributed by atoms with Gasteiger partial charge < -0.3 is 15.0 Å². The van der Waals surface area contributed by atoms with Crippen LogP contribution in [0.25, 0.3) is 0 Å². The van der Waals surface area contributed by atoms with Gasteiger partial charge >= 0.3 is 0 Å². The summed E-state index contributed by atoms with van der Waals surface area (Å²) < 4.78 is 5.31. The Morgan fingerprint density at radius 3 is 2.76 bits per heavy atom. The summed E-state index contributed by atoms with van der Waals surface area (Å²) >= 11 is 0. The fourth-order valence-corrected chi connectivity index (χ4v) is 2.67. The third-order valence-corrected chi connectivity index (χ3v) is 3.82. The molecule has 94 valence electrons. The van der Waals surface area contributed by atoms with E-state index in [2.05, 4.69) is 5.32 Å². The first-order chi connectivity index (χ1) is 8.24. The molecule has 0 aromatic heterocycles. The Bertz CT molecular complexity index is 335. The highest BCUT2D eigenvalue weighted by Crippen LogP contribution is 2.34. The van der Waals surface area contributed by atoms with Crippen molar-refractivity contribution in [1.29, 1.82) is 0 Å². The summed E-state index contributed by atoms with van der Waals surface area (Å²) in [5, 5.41) is 2.82. The number of nitrogens with one attached hydrogen (secondary N) is 1. The highest BCUT2D eigenvalue weighted by atomic mass is 16.5. The van der Waals surface area contributed by atoms with Gasteiger partial charge in [-0.3, -0.25) is 9.59 Å². The minimum absolute atomic E-state index is 0.0135. The van der Waals surface area contributed by atoms with Gasteiger partial charge in [0.15, 0.2) is 0 Å². The van der Waals surface area contributed by atoms with E-state index in [1.807, 2.05) is 0 Å². The van der Waals surface area contributed by atoms with Crippen LogP contribution in [0.4, 0.5) is 0 Å². The molecule has 0 aromatic rings. The maximum atomic E-state index is 12.2. The number of hydrogen-bond donors (Lipinski definition) is 1. The summed E-state index contributed by atoms with van der Waals surface area (Å²) in [5.74, 6) is 0.887. The van der Waals surface area contributed by atoms with Crippen molar-refractivity contribution in [1.82, 2.24) is 10.2 Å². The SMILES string of the molecule is O=C1CN(CC2CCOC2)C(=O)C(C2CC2)N1. The van der Waals surface area contributed by atoms with E-state index >= 15 is 0 Å². The Kier molecular flexibility index (Phi) is 2.78. The van der Waals surface area contributed by atoms with Crippen LogP contribution in [0.5, 0.6) is 0 Å². The van der Waals surface area contributed by atoms with Crippen LogP contribution in [0.15, 0.2) is 0 Å². The zero-order valence-corrected chi connectivity index (χ0v) is 9.85. The summed E-state index contributed by atoms with van der Waals surface area (Å²) in [4.78, 5) is 25.5. The highest BCUT2D eigenvalue weighted by Gasteiger charge is 2.43. The van der Waals surface area contributed by atoms with Gasteiger partial charge in [-0.15, -0.1) is 0 Å². The maximum absolute atomic E-state index is 12.2. The normalized spacial score (nSPS) is 34.0. The second kappa shape index (κ2) is 4.29. The third-order valence-electron chi connectivity index (χ3n) is 3.82. The van der Waals surface area contributed by atoms with Gasteiger partial charge in [0, 0.05) is 19.1 Å². The topological polar surface area (TPSA) is 58.6 Å². The van der Waals surface area contributed by atoms with E-state index in [-0.39, 0.29) is 24.4 Å². The summed E-state index contributed by atoms with van der Waals surface area (Å²) in [5.41, 5.74) is 0. The van der Waals surface area contributed by atoms with Crippen LogP contribution < -0.4 is 5.32 Å². The van der Waals surface area contributed by atoms with Gasteiger partial charge in [-0.05, 0) is 25.2 Å². The van der Waals surface area contributed by atoms with Crippen molar-refractivity contribution in [2.75, 3.05) is 26.3 Å². The molecule has 0 bridgehead atoms. The van der Waals surface area contributed by atoms with E-state index in [1.54, 1.807) is 4.90 Å². The number of amides is 2. The Hall–Kier alpha value is -1.10. The minimum Gasteiger partial charge on any atom is -0.381 e. The number of hydrogen-bond acceptors (Lipinski definition) is 3. The lowest BCUT2D eigenvalue weighted by molar-refractivity contribution is -0.145. The smallest absolute Gasteiger partial charge is 0.245 e. The molecule has 17 heavy (non-hydrogen) atoms. The maximum Gasteiger partial charge on any atom is 0.245 e. The molecule has 2 amide bonds. The second-order valence-electron chi connectivity index (χ2n) is 5.33. The lowest BCUT2D eigenvalue weighted by Crippen LogP contribution is -2.59. The number of nitrogens with zero attached hydrogens (tertiary/aromatic N) is 1. The monoisotopic (exact) mass is 238 g/mol. The molecule has 0 spiro atoms. The van der Waals surface area contributed by atoms with E-state index in [1.165, 1.54) is 0 Å². The van der Waals surface area contributed by atoms with Gasteiger partial charge in [0.1, 0.15) is 6.04 Å². The molecule has 0 radical (unpaired) electrons. The van der Waals surface area contributed by atoms with Gasteiger partial charge in [-0.2, -0.15) is 0 Å². The standard InChI is InChI=1S/C12H18N2O3/c15-10-6-14(5-8-3-4-17-7-8)12(16)11(13-10)9-1-2-9/h8-9,11H,1-7H2,(H,13,15). The van der Waals surface area contributed by atoms with Crippen molar-refractivity contribution < 1.29 is 14.3 Å². The molecule has 2 heterocycles. The van der Waals surface area contributed by atoms with Gasteiger partial charge in [0.2, 0.25) is 11.8 Å². The van der Waals surface area contributed by atoms with Crippen molar-refractivity contribution in [3.63, 3.8) is 0 Å². The molecular formula is C12H18N2O3. The molecule has 2 unspecified atom stereocenters. The zero-order valence-electron chi connectivity index (χ0n) is 9.85. The number of carbonyl (C=O) groups excluding carboxylic acids is 2. The first kappa shape index (κ1) is 11.0.